The normalized spacial score (nSPS) is 13.1. The summed E-state index contributed by atoms with van der Waals surface area (Å²) in [4.78, 5) is 24.9. The van der Waals surface area contributed by atoms with Gasteiger partial charge in [0.1, 0.15) is 6.04 Å². The summed E-state index contributed by atoms with van der Waals surface area (Å²) in [5.41, 5.74) is 7.51. The summed E-state index contributed by atoms with van der Waals surface area (Å²) >= 11 is 5.84. The van der Waals surface area contributed by atoms with Gasteiger partial charge in [0.2, 0.25) is 5.91 Å². The molecule has 138 valence electrons. The van der Waals surface area contributed by atoms with E-state index in [4.69, 9.17) is 17.3 Å². The molecule has 2 rings (SSSR count). The molecule has 0 saturated carbocycles. The molecule has 0 fully saturated rings. The Labute approximate surface area is 158 Å². The van der Waals surface area contributed by atoms with E-state index in [1.165, 1.54) is 0 Å². The molecule has 5 nitrogen and oxygen atoms in total. The Balaban J connectivity index is 1.96. The van der Waals surface area contributed by atoms with E-state index in [9.17, 15) is 9.59 Å². The predicted molar refractivity (Wildman–Crippen MR) is 104 cm³/mol. The highest BCUT2D eigenvalue weighted by molar-refractivity contribution is 6.30. The minimum atomic E-state index is -0.652. The molecule has 0 radical (unpaired) electrons. The fourth-order valence-corrected chi connectivity index (χ4v) is 2.63. The third kappa shape index (κ3) is 5.58. The van der Waals surface area contributed by atoms with E-state index < -0.39 is 6.04 Å². The summed E-state index contributed by atoms with van der Waals surface area (Å²) in [6, 6.07) is 15.1. The van der Waals surface area contributed by atoms with Crippen molar-refractivity contribution in [3.05, 3.63) is 70.7 Å². The molecule has 0 spiro atoms. The zero-order valence-corrected chi connectivity index (χ0v) is 15.7. The monoisotopic (exact) mass is 373 g/mol. The molecule has 0 bridgehead atoms. The van der Waals surface area contributed by atoms with Gasteiger partial charge in [0.25, 0.3) is 5.91 Å². The average molecular weight is 374 g/mol. The largest absolute Gasteiger partial charge is 0.352 e. The maximum Gasteiger partial charge on any atom is 0.251 e. The van der Waals surface area contributed by atoms with Gasteiger partial charge in [-0.25, -0.2) is 0 Å². The molecule has 0 aliphatic heterocycles. The molecule has 6 heteroatoms. The van der Waals surface area contributed by atoms with Gasteiger partial charge in [0.05, 0.1) is 0 Å². The van der Waals surface area contributed by atoms with Gasteiger partial charge in [-0.1, -0.05) is 55.8 Å². The van der Waals surface area contributed by atoms with Gasteiger partial charge in [-0.3, -0.25) is 9.59 Å². The summed E-state index contributed by atoms with van der Waals surface area (Å²) < 4.78 is 0. The summed E-state index contributed by atoms with van der Waals surface area (Å²) in [5, 5.41) is 6.16. The van der Waals surface area contributed by atoms with E-state index in [0.717, 1.165) is 5.56 Å². The van der Waals surface area contributed by atoms with Crippen molar-refractivity contribution in [1.82, 2.24) is 10.6 Å². The second kappa shape index (κ2) is 9.36. The van der Waals surface area contributed by atoms with E-state index in [1.54, 1.807) is 24.3 Å². The third-order valence-corrected chi connectivity index (χ3v) is 4.32. The van der Waals surface area contributed by atoms with E-state index in [2.05, 4.69) is 10.6 Å². The Kier molecular flexibility index (Phi) is 7.18. The molecular weight excluding hydrogens is 350 g/mol. The highest BCUT2D eigenvalue weighted by Crippen LogP contribution is 2.11. The van der Waals surface area contributed by atoms with Crippen LogP contribution in [0.4, 0.5) is 0 Å². The first kappa shape index (κ1) is 19.9. The Morgan fingerprint density at radius 1 is 1.04 bits per heavy atom. The third-order valence-electron chi connectivity index (χ3n) is 4.07. The zero-order chi connectivity index (χ0) is 19.1. The van der Waals surface area contributed by atoms with Crippen molar-refractivity contribution in [3.8, 4) is 0 Å². The van der Waals surface area contributed by atoms with Crippen LogP contribution in [0.3, 0.4) is 0 Å². The molecule has 26 heavy (non-hydrogen) atoms. The first-order valence-corrected chi connectivity index (χ1v) is 8.91. The minimum absolute atomic E-state index is 0.0702. The second-order valence-corrected chi connectivity index (χ2v) is 6.90. The summed E-state index contributed by atoms with van der Waals surface area (Å²) in [6.45, 7) is 4.05. The smallest absolute Gasteiger partial charge is 0.251 e. The van der Waals surface area contributed by atoms with Crippen LogP contribution in [0.25, 0.3) is 0 Å². The van der Waals surface area contributed by atoms with Crippen LogP contribution in [0, 0.1) is 5.92 Å². The molecule has 4 N–H and O–H groups in total. The predicted octanol–water partition coefficient (Wildman–Crippen LogP) is 2.91. The highest BCUT2D eigenvalue weighted by atomic mass is 35.5. The van der Waals surface area contributed by atoms with E-state index in [1.807, 2.05) is 44.2 Å². The maximum absolute atomic E-state index is 12.5. The van der Waals surface area contributed by atoms with Crippen LogP contribution in [0.15, 0.2) is 54.6 Å². The van der Waals surface area contributed by atoms with Gasteiger partial charge in [0.15, 0.2) is 0 Å². The first-order chi connectivity index (χ1) is 12.4. The van der Waals surface area contributed by atoms with Crippen LogP contribution in [0.2, 0.25) is 5.02 Å². The number of hydrogen-bond acceptors (Lipinski definition) is 3. The summed E-state index contributed by atoms with van der Waals surface area (Å²) in [7, 11) is 0. The van der Waals surface area contributed by atoms with Crippen molar-refractivity contribution in [1.29, 1.82) is 0 Å². The number of nitrogens with two attached hydrogens (primary N) is 1. The number of hydrogen-bond donors (Lipinski definition) is 3. The minimum Gasteiger partial charge on any atom is -0.352 e. The Hall–Kier alpha value is -2.37. The highest BCUT2D eigenvalue weighted by Gasteiger charge is 2.25. The summed E-state index contributed by atoms with van der Waals surface area (Å²) in [5.74, 6) is -0.643. The van der Waals surface area contributed by atoms with Crippen molar-refractivity contribution in [2.75, 3.05) is 6.54 Å². The standard InChI is InChI=1S/C20H24ClN3O2/c1-13(2)18(24-19(25)15-8-10-16(21)11-9-15)20(26)23-12-17(22)14-6-4-3-5-7-14/h3-11,13,17-18H,12,22H2,1-2H3,(H,23,26)(H,24,25). The van der Waals surface area contributed by atoms with Crippen molar-refractivity contribution < 1.29 is 9.59 Å². The maximum atomic E-state index is 12.5. The lowest BCUT2D eigenvalue weighted by Gasteiger charge is -2.23. The van der Waals surface area contributed by atoms with E-state index >= 15 is 0 Å². The number of nitrogens with one attached hydrogen (secondary N) is 2. The Morgan fingerprint density at radius 2 is 1.65 bits per heavy atom. The molecule has 0 aliphatic carbocycles. The van der Waals surface area contributed by atoms with Gasteiger partial charge in [-0.2, -0.15) is 0 Å². The van der Waals surface area contributed by atoms with Crippen LogP contribution in [0.5, 0.6) is 0 Å². The first-order valence-electron chi connectivity index (χ1n) is 8.53. The second-order valence-electron chi connectivity index (χ2n) is 6.46. The van der Waals surface area contributed by atoms with Gasteiger partial charge < -0.3 is 16.4 Å². The van der Waals surface area contributed by atoms with Crippen LogP contribution in [0.1, 0.15) is 35.8 Å². The fourth-order valence-electron chi connectivity index (χ4n) is 2.50. The quantitative estimate of drug-likeness (QED) is 0.697. The Morgan fingerprint density at radius 3 is 2.23 bits per heavy atom. The molecule has 2 aromatic rings. The number of rotatable bonds is 7. The molecule has 2 amide bonds. The fraction of sp³-hybridized carbons (Fsp3) is 0.300. The number of halogens is 1. The molecule has 2 atom stereocenters. The van der Waals surface area contributed by atoms with E-state index in [-0.39, 0.29) is 23.8 Å². The van der Waals surface area contributed by atoms with Crippen molar-refractivity contribution in [2.24, 2.45) is 11.7 Å². The molecule has 0 aromatic heterocycles. The lowest BCUT2D eigenvalue weighted by atomic mass is 10.0. The molecule has 0 heterocycles. The zero-order valence-electron chi connectivity index (χ0n) is 14.9. The number of benzene rings is 2. The number of carbonyl (C=O) groups excluding carboxylic acids is 2. The lowest BCUT2D eigenvalue weighted by molar-refractivity contribution is -0.124. The molecule has 0 aliphatic rings. The topological polar surface area (TPSA) is 84.2 Å². The number of carbonyl (C=O) groups is 2. The molecule has 0 saturated heterocycles. The van der Waals surface area contributed by atoms with Gasteiger partial charge in [0, 0.05) is 23.2 Å². The summed E-state index contributed by atoms with van der Waals surface area (Å²) in [6.07, 6.45) is 0. The molecular formula is C20H24ClN3O2. The van der Waals surface area contributed by atoms with Crippen molar-refractivity contribution >= 4 is 23.4 Å². The SMILES string of the molecule is CC(C)C(NC(=O)c1ccc(Cl)cc1)C(=O)NCC(N)c1ccccc1. The van der Waals surface area contributed by atoms with Crippen LogP contribution < -0.4 is 16.4 Å². The van der Waals surface area contributed by atoms with Gasteiger partial charge in [-0.05, 0) is 35.7 Å². The van der Waals surface area contributed by atoms with Gasteiger partial charge in [-0.15, -0.1) is 0 Å². The molecule has 2 unspecified atom stereocenters. The van der Waals surface area contributed by atoms with Gasteiger partial charge >= 0.3 is 0 Å². The molecule has 2 aromatic carbocycles. The average Bonchev–Trinajstić information content (AvgIpc) is 2.64. The number of amides is 2. The lowest BCUT2D eigenvalue weighted by Crippen LogP contribution is -2.50. The Bertz CT molecular complexity index is 732. The van der Waals surface area contributed by atoms with E-state index in [0.29, 0.717) is 17.1 Å². The van der Waals surface area contributed by atoms with Crippen molar-refractivity contribution in [2.45, 2.75) is 25.9 Å². The van der Waals surface area contributed by atoms with Crippen LogP contribution in [-0.4, -0.2) is 24.4 Å². The van der Waals surface area contributed by atoms with Crippen LogP contribution >= 0.6 is 11.6 Å². The van der Waals surface area contributed by atoms with Crippen molar-refractivity contribution in [3.63, 3.8) is 0 Å². The van der Waals surface area contributed by atoms with Crippen LogP contribution in [-0.2, 0) is 4.79 Å².